The molecule has 0 N–H and O–H groups in total. The van der Waals surface area contributed by atoms with Gasteiger partial charge in [0.25, 0.3) is 0 Å². The van der Waals surface area contributed by atoms with E-state index in [0.717, 1.165) is 16.6 Å². The average molecular weight is 565 g/mol. The Balaban J connectivity index is 1.74. The van der Waals surface area contributed by atoms with Crippen molar-refractivity contribution in [2.45, 2.75) is 0 Å². The van der Waals surface area contributed by atoms with Crippen LogP contribution in [0.25, 0.3) is 76.5 Å². The second-order valence-electron chi connectivity index (χ2n) is 13.1. The van der Waals surface area contributed by atoms with Gasteiger partial charge >= 0.3 is 0 Å². The summed E-state index contributed by atoms with van der Waals surface area (Å²) in [6, 6.07) is 30.8. The van der Waals surface area contributed by atoms with Gasteiger partial charge in [0.05, 0.1) is 0 Å². The first-order valence-corrected chi connectivity index (χ1v) is 16.1. The maximum Gasteiger partial charge on any atom is 0.143 e. The van der Waals surface area contributed by atoms with Gasteiger partial charge in [-0.15, -0.1) is 21.9 Å². The van der Waals surface area contributed by atoms with Crippen LogP contribution in [0, 0.1) is 0 Å². The minimum Gasteiger partial charge on any atom is -0.455 e. The average Bonchev–Trinajstić information content (AvgIpc) is 3.45. The smallest absolute Gasteiger partial charge is 0.143 e. The summed E-state index contributed by atoms with van der Waals surface area (Å²) in [6.07, 6.45) is 0. The molecule has 1 heterocycles. The predicted molar refractivity (Wildman–Crippen MR) is 223 cm³/mol. The number of fused-ring (bicyclic) bond motifs is 6. The lowest BCUT2D eigenvalue weighted by Gasteiger charge is -2.28. The lowest BCUT2D eigenvalue weighted by atomic mass is 9.59. The van der Waals surface area contributed by atoms with Crippen LogP contribution in [0.15, 0.2) is 89.3 Å². The van der Waals surface area contributed by atoms with Gasteiger partial charge in [0, 0.05) is 16.3 Å². The van der Waals surface area contributed by atoms with Gasteiger partial charge < -0.3 is 4.42 Å². The number of hydrogen-bond donors (Lipinski definition) is 0. The Hall–Kier alpha value is -4.36. The summed E-state index contributed by atoms with van der Waals surface area (Å²) in [7, 11) is 18.5. The maximum atomic E-state index is 6.76. The van der Waals surface area contributed by atoms with Crippen molar-refractivity contribution >= 4 is 161 Å². The fourth-order valence-electron chi connectivity index (χ4n) is 8.05. The van der Waals surface area contributed by atoms with Gasteiger partial charge in [0.15, 0.2) is 0 Å². The minimum absolute atomic E-state index is 0.931. The van der Waals surface area contributed by atoms with Crippen molar-refractivity contribution in [3.8, 4) is 22.3 Å². The van der Waals surface area contributed by atoms with E-state index in [1.807, 2.05) is 0 Å². The highest BCUT2D eigenvalue weighted by Gasteiger charge is 2.27. The summed E-state index contributed by atoms with van der Waals surface area (Å²) in [4.78, 5) is 0. The molecular weight excluding hydrogens is 535 g/mol. The zero-order valence-electron chi connectivity index (χ0n) is 27.5. The molecular formula is C36H30B8O. The van der Waals surface area contributed by atoms with E-state index in [-0.39, 0.29) is 0 Å². The summed E-state index contributed by atoms with van der Waals surface area (Å²) in [6.45, 7) is 0. The van der Waals surface area contributed by atoms with Crippen LogP contribution in [-0.2, 0) is 0 Å². The minimum atomic E-state index is 0.931. The molecule has 0 bridgehead atoms. The Kier molecular flexibility index (Phi) is 6.30. The van der Waals surface area contributed by atoms with Gasteiger partial charge in [-0.2, -0.15) is 0 Å². The second-order valence-corrected chi connectivity index (χ2v) is 13.1. The third kappa shape index (κ3) is 3.80. The van der Waals surface area contributed by atoms with E-state index in [1.54, 1.807) is 0 Å². The molecule has 45 heavy (non-hydrogen) atoms. The van der Waals surface area contributed by atoms with Crippen molar-refractivity contribution in [2.24, 2.45) is 0 Å². The van der Waals surface area contributed by atoms with Crippen LogP contribution in [0.5, 0.6) is 0 Å². The number of para-hydroxylation sites is 2. The van der Waals surface area contributed by atoms with Crippen LogP contribution in [-0.4, -0.2) is 62.8 Å². The fraction of sp³-hybridized carbons (Fsp3) is 0. The molecule has 1 nitrogen and oxygen atoms in total. The van der Waals surface area contributed by atoms with Crippen LogP contribution < -0.4 is 43.7 Å². The number of furan rings is 1. The molecule has 7 aromatic carbocycles. The normalized spacial score (nSPS) is 11.8. The zero-order chi connectivity index (χ0) is 31.3. The topological polar surface area (TPSA) is 13.1 Å². The van der Waals surface area contributed by atoms with Crippen LogP contribution in [0.3, 0.4) is 0 Å². The summed E-state index contributed by atoms with van der Waals surface area (Å²) in [5, 5.41) is 10.3. The van der Waals surface area contributed by atoms with Gasteiger partial charge in [-0.05, 0) is 55.1 Å². The van der Waals surface area contributed by atoms with Crippen LogP contribution in [0.1, 0.15) is 0 Å². The van der Waals surface area contributed by atoms with Gasteiger partial charge in [-0.3, -0.25) is 0 Å². The molecule has 204 valence electrons. The van der Waals surface area contributed by atoms with Crippen LogP contribution in [0.4, 0.5) is 0 Å². The second kappa shape index (κ2) is 10.1. The first-order chi connectivity index (χ1) is 21.7. The molecule has 0 saturated heterocycles. The van der Waals surface area contributed by atoms with E-state index in [2.05, 4.69) is 148 Å². The lowest BCUT2D eigenvalue weighted by molar-refractivity contribution is 0.670. The van der Waals surface area contributed by atoms with E-state index >= 15 is 0 Å². The molecule has 0 aliphatic carbocycles. The van der Waals surface area contributed by atoms with Gasteiger partial charge in [-0.1, -0.05) is 101 Å². The Morgan fingerprint density at radius 2 is 0.778 bits per heavy atom. The largest absolute Gasteiger partial charge is 0.455 e. The van der Waals surface area contributed by atoms with Crippen LogP contribution in [0.2, 0.25) is 0 Å². The first kappa shape index (κ1) is 28.1. The third-order valence-corrected chi connectivity index (χ3v) is 11.1. The van der Waals surface area contributed by atoms with Gasteiger partial charge in [0.2, 0.25) is 0 Å². The lowest BCUT2D eigenvalue weighted by Crippen LogP contribution is -2.50. The molecule has 9 heteroatoms. The summed E-state index contributed by atoms with van der Waals surface area (Å²) in [5.41, 5.74) is 17.9. The molecule has 0 spiro atoms. The van der Waals surface area contributed by atoms with Gasteiger partial charge in [0.1, 0.15) is 73.9 Å². The highest BCUT2D eigenvalue weighted by atomic mass is 16.3. The fourth-order valence-corrected chi connectivity index (χ4v) is 8.05. The summed E-state index contributed by atoms with van der Waals surface area (Å²) < 4.78 is 6.76. The van der Waals surface area contributed by atoms with Crippen molar-refractivity contribution in [3.63, 3.8) is 0 Å². The molecule has 0 radical (unpaired) electrons. The number of rotatable bonds is 2. The summed E-state index contributed by atoms with van der Waals surface area (Å²) >= 11 is 0. The zero-order valence-corrected chi connectivity index (χ0v) is 27.5. The van der Waals surface area contributed by atoms with Crippen molar-refractivity contribution in [3.05, 3.63) is 84.9 Å². The Labute approximate surface area is 271 Å². The van der Waals surface area contributed by atoms with E-state index in [4.69, 9.17) is 4.42 Å². The molecule has 0 amide bonds. The molecule has 0 aliphatic heterocycles. The predicted octanol–water partition coefficient (Wildman–Crippen LogP) is -3.55. The van der Waals surface area contributed by atoms with Crippen molar-refractivity contribution in [1.29, 1.82) is 0 Å². The summed E-state index contributed by atoms with van der Waals surface area (Å²) in [5.74, 6) is 0. The molecule has 0 unspecified atom stereocenters. The van der Waals surface area contributed by atoms with E-state index in [1.165, 1.54) is 104 Å². The molecule has 0 saturated carbocycles. The van der Waals surface area contributed by atoms with E-state index < -0.39 is 0 Å². The molecule has 0 fully saturated rings. The monoisotopic (exact) mass is 566 g/mol. The molecule has 8 rings (SSSR count). The van der Waals surface area contributed by atoms with E-state index in [0.29, 0.717) is 0 Å². The van der Waals surface area contributed by atoms with Gasteiger partial charge in [-0.25, -0.2) is 0 Å². The standard InChI is InChI=1S/C36H30B8O/c37-28-24-22(18-11-5-8-15-7-1-2-9-16(15)18)25-27(31(40)35(44)33(42)29(25)38)23(26(24)30(39)34(43)32(28)41)20-13-6-12-19-17-10-3-4-14-21(17)45-36(19)20/h1-14H,37-44H2. The molecule has 8 aromatic rings. The Morgan fingerprint density at radius 3 is 1.38 bits per heavy atom. The highest BCUT2D eigenvalue weighted by molar-refractivity contribution is 6.71. The molecule has 1 aromatic heterocycles. The van der Waals surface area contributed by atoms with Crippen LogP contribution >= 0.6 is 0 Å². The van der Waals surface area contributed by atoms with Crippen molar-refractivity contribution < 1.29 is 4.42 Å². The van der Waals surface area contributed by atoms with Crippen molar-refractivity contribution in [2.75, 3.05) is 0 Å². The Morgan fingerprint density at radius 1 is 0.356 bits per heavy atom. The quantitative estimate of drug-likeness (QED) is 0.157. The first-order valence-electron chi connectivity index (χ1n) is 16.1. The number of hydrogen-bond acceptors (Lipinski definition) is 1. The molecule has 0 aliphatic rings. The maximum absolute atomic E-state index is 6.76. The SMILES string of the molecule is Bc1c(B)c(B)c2c(-c3cccc4c3oc3ccccc34)c3c(B)c(B)c(B)c(B)c3c(-c3cccc4ccccc34)c2c1B. The van der Waals surface area contributed by atoms with E-state index in [9.17, 15) is 0 Å². The number of benzene rings is 7. The third-order valence-electron chi connectivity index (χ3n) is 11.1. The Bertz CT molecular complexity index is 2500. The molecule has 0 atom stereocenters. The van der Waals surface area contributed by atoms with Crippen molar-refractivity contribution in [1.82, 2.24) is 0 Å². The highest BCUT2D eigenvalue weighted by Crippen LogP contribution is 2.45.